The molecule has 3 aromatic carbocycles. The van der Waals surface area contributed by atoms with Crippen LogP contribution in [0.4, 0.5) is 5.69 Å². The van der Waals surface area contributed by atoms with E-state index in [4.69, 9.17) is 0 Å². The van der Waals surface area contributed by atoms with E-state index in [1.54, 1.807) is 12.1 Å². The van der Waals surface area contributed by atoms with Gasteiger partial charge in [0.25, 0.3) is 0 Å². The summed E-state index contributed by atoms with van der Waals surface area (Å²) >= 11 is 0. The van der Waals surface area contributed by atoms with Gasteiger partial charge in [-0.15, -0.1) is 0 Å². The highest BCUT2D eigenvalue weighted by molar-refractivity contribution is 7.92. The van der Waals surface area contributed by atoms with E-state index in [0.717, 1.165) is 24.7 Å². The lowest BCUT2D eigenvalue weighted by Gasteiger charge is -2.14. The van der Waals surface area contributed by atoms with Crippen LogP contribution in [0.15, 0.2) is 66.7 Å². The van der Waals surface area contributed by atoms with Gasteiger partial charge in [-0.05, 0) is 76.9 Å². The number of anilines is 1. The van der Waals surface area contributed by atoms with Crippen molar-refractivity contribution in [3.05, 3.63) is 100 Å². The zero-order valence-corrected chi connectivity index (χ0v) is 16.9. The fourth-order valence-corrected chi connectivity index (χ4v) is 4.44. The van der Waals surface area contributed by atoms with Gasteiger partial charge in [0, 0.05) is 5.69 Å². The standard InChI is InChI=1S/C24H23NO2S/c1-17-6-5-9-23-21(17)15-12-19-7-3-4-8-22(19)24(23)16-18-10-13-20(14-11-18)25-28(2,26)27/h3-11,13-14,16,25H,12,15H2,1-2H3/b24-16+. The number of rotatable bonds is 3. The van der Waals surface area contributed by atoms with Crippen LogP contribution in [0.3, 0.4) is 0 Å². The van der Waals surface area contributed by atoms with Crippen LogP contribution in [-0.4, -0.2) is 14.7 Å². The van der Waals surface area contributed by atoms with Gasteiger partial charge in [-0.2, -0.15) is 0 Å². The van der Waals surface area contributed by atoms with Gasteiger partial charge in [0.05, 0.1) is 6.26 Å². The molecule has 0 fully saturated rings. The number of nitrogens with one attached hydrogen (secondary N) is 1. The maximum absolute atomic E-state index is 11.4. The third-order valence-electron chi connectivity index (χ3n) is 5.18. The van der Waals surface area contributed by atoms with Crippen LogP contribution >= 0.6 is 0 Å². The first-order chi connectivity index (χ1) is 13.4. The number of aryl methyl sites for hydroxylation is 2. The minimum Gasteiger partial charge on any atom is -0.284 e. The topological polar surface area (TPSA) is 46.2 Å². The van der Waals surface area contributed by atoms with Gasteiger partial charge in [-0.1, -0.05) is 54.6 Å². The lowest BCUT2D eigenvalue weighted by molar-refractivity contribution is 0.607. The first-order valence-electron chi connectivity index (χ1n) is 9.37. The molecule has 1 N–H and O–H groups in total. The van der Waals surface area contributed by atoms with Gasteiger partial charge < -0.3 is 0 Å². The number of hydrogen-bond donors (Lipinski definition) is 1. The van der Waals surface area contributed by atoms with E-state index in [1.165, 1.54) is 33.4 Å². The summed E-state index contributed by atoms with van der Waals surface area (Å²) in [6.07, 6.45) is 5.42. The predicted octanol–water partition coefficient (Wildman–Crippen LogP) is 5.05. The zero-order chi connectivity index (χ0) is 19.7. The summed E-state index contributed by atoms with van der Waals surface area (Å²) in [4.78, 5) is 0. The third kappa shape index (κ3) is 3.87. The Balaban J connectivity index is 1.83. The smallest absolute Gasteiger partial charge is 0.229 e. The van der Waals surface area contributed by atoms with Gasteiger partial charge in [-0.25, -0.2) is 8.42 Å². The van der Waals surface area contributed by atoms with E-state index in [2.05, 4.69) is 60.2 Å². The van der Waals surface area contributed by atoms with Crippen LogP contribution in [0.5, 0.6) is 0 Å². The number of fused-ring (bicyclic) bond motifs is 2. The highest BCUT2D eigenvalue weighted by Gasteiger charge is 2.18. The van der Waals surface area contributed by atoms with Crippen molar-refractivity contribution >= 4 is 27.4 Å². The van der Waals surface area contributed by atoms with Crippen molar-refractivity contribution in [1.82, 2.24) is 0 Å². The molecule has 0 bridgehead atoms. The second-order valence-corrected chi connectivity index (χ2v) is 9.06. The quantitative estimate of drug-likeness (QED) is 0.681. The van der Waals surface area contributed by atoms with Crippen LogP contribution < -0.4 is 4.72 Å². The van der Waals surface area contributed by atoms with Crippen LogP contribution in [0.25, 0.3) is 11.6 Å². The normalized spacial score (nSPS) is 14.9. The number of benzene rings is 3. The molecule has 1 aliphatic rings. The summed E-state index contributed by atoms with van der Waals surface area (Å²) in [6.45, 7) is 2.18. The molecule has 0 aromatic heterocycles. The Labute approximate surface area is 166 Å². The summed E-state index contributed by atoms with van der Waals surface area (Å²) in [5.41, 5.74) is 9.47. The van der Waals surface area contributed by atoms with Crippen molar-refractivity contribution < 1.29 is 8.42 Å². The molecule has 4 rings (SSSR count). The van der Waals surface area contributed by atoms with Gasteiger partial charge in [0.1, 0.15) is 0 Å². The maximum atomic E-state index is 11.4. The Bertz CT molecular complexity index is 1160. The molecule has 0 heterocycles. The molecule has 0 spiro atoms. The molecule has 0 saturated carbocycles. The zero-order valence-electron chi connectivity index (χ0n) is 16.1. The predicted molar refractivity (Wildman–Crippen MR) is 117 cm³/mol. The minimum absolute atomic E-state index is 0.571. The highest BCUT2D eigenvalue weighted by atomic mass is 32.2. The second-order valence-electron chi connectivity index (χ2n) is 7.31. The summed E-state index contributed by atoms with van der Waals surface area (Å²) in [6, 6.07) is 22.6. The molecular weight excluding hydrogens is 366 g/mol. The fourth-order valence-electron chi connectivity index (χ4n) is 3.88. The lowest BCUT2D eigenvalue weighted by Crippen LogP contribution is -2.09. The molecule has 0 atom stereocenters. The molecule has 0 radical (unpaired) electrons. The fraction of sp³-hybridized carbons (Fsp3) is 0.167. The molecule has 0 saturated heterocycles. The lowest BCUT2D eigenvalue weighted by atomic mass is 9.91. The largest absolute Gasteiger partial charge is 0.284 e. The first kappa shape index (κ1) is 18.5. The molecule has 3 nitrogen and oxygen atoms in total. The summed E-state index contributed by atoms with van der Waals surface area (Å²) < 4.78 is 25.4. The number of sulfonamides is 1. The van der Waals surface area contributed by atoms with Crippen molar-refractivity contribution in [2.45, 2.75) is 19.8 Å². The van der Waals surface area contributed by atoms with E-state index in [9.17, 15) is 8.42 Å². The summed E-state index contributed by atoms with van der Waals surface area (Å²) in [5, 5.41) is 0. The molecule has 0 amide bonds. The van der Waals surface area contributed by atoms with Crippen molar-refractivity contribution in [2.24, 2.45) is 0 Å². The molecule has 0 unspecified atom stereocenters. The van der Waals surface area contributed by atoms with Crippen molar-refractivity contribution in [2.75, 3.05) is 11.0 Å². The molecule has 28 heavy (non-hydrogen) atoms. The minimum atomic E-state index is -3.27. The molecule has 0 aliphatic heterocycles. The average molecular weight is 390 g/mol. The third-order valence-corrected chi connectivity index (χ3v) is 5.78. The Morgan fingerprint density at radius 3 is 2.32 bits per heavy atom. The van der Waals surface area contributed by atoms with E-state index in [-0.39, 0.29) is 0 Å². The van der Waals surface area contributed by atoms with Crippen molar-refractivity contribution in [3.8, 4) is 0 Å². The molecule has 4 heteroatoms. The Hall–Kier alpha value is -2.85. The average Bonchev–Trinajstić information content (AvgIpc) is 2.81. The number of hydrogen-bond acceptors (Lipinski definition) is 2. The van der Waals surface area contributed by atoms with Crippen LogP contribution in [0.1, 0.15) is 33.4 Å². The molecule has 3 aromatic rings. The van der Waals surface area contributed by atoms with Crippen molar-refractivity contribution in [1.29, 1.82) is 0 Å². The van der Waals surface area contributed by atoms with Gasteiger partial charge in [0.15, 0.2) is 0 Å². The van der Waals surface area contributed by atoms with Gasteiger partial charge >= 0.3 is 0 Å². The van der Waals surface area contributed by atoms with Crippen LogP contribution in [-0.2, 0) is 22.9 Å². The van der Waals surface area contributed by atoms with Crippen LogP contribution in [0, 0.1) is 6.92 Å². The Morgan fingerprint density at radius 1 is 0.857 bits per heavy atom. The van der Waals surface area contributed by atoms with E-state index < -0.39 is 10.0 Å². The SMILES string of the molecule is Cc1cccc2c1CCc1ccccc1/C2=C\c1ccc(NS(C)(=O)=O)cc1. The van der Waals surface area contributed by atoms with E-state index in [0.29, 0.717) is 5.69 Å². The first-order valence-corrected chi connectivity index (χ1v) is 11.3. The summed E-state index contributed by atoms with van der Waals surface area (Å²) in [5.74, 6) is 0. The van der Waals surface area contributed by atoms with Crippen LogP contribution in [0.2, 0.25) is 0 Å². The highest BCUT2D eigenvalue weighted by Crippen LogP contribution is 2.36. The van der Waals surface area contributed by atoms with Crippen molar-refractivity contribution in [3.63, 3.8) is 0 Å². The van der Waals surface area contributed by atoms with Gasteiger partial charge in [0.2, 0.25) is 10.0 Å². The maximum Gasteiger partial charge on any atom is 0.229 e. The molecule has 1 aliphatic carbocycles. The van der Waals surface area contributed by atoms with E-state index in [1.807, 2.05) is 12.1 Å². The summed E-state index contributed by atoms with van der Waals surface area (Å²) in [7, 11) is -3.27. The Morgan fingerprint density at radius 2 is 1.57 bits per heavy atom. The van der Waals surface area contributed by atoms with Gasteiger partial charge in [-0.3, -0.25) is 4.72 Å². The Kier molecular flexibility index (Phi) is 4.82. The van der Waals surface area contributed by atoms with E-state index >= 15 is 0 Å². The second kappa shape index (κ2) is 7.28. The molecular formula is C24H23NO2S. The monoisotopic (exact) mass is 389 g/mol. The molecule has 142 valence electrons.